The number of nitrogens with zero attached hydrogens (tertiary/aromatic N) is 4. The second-order valence-electron chi connectivity index (χ2n) is 6.64. The summed E-state index contributed by atoms with van der Waals surface area (Å²) in [7, 11) is 0. The van der Waals surface area contributed by atoms with E-state index in [1.54, 1.807) is 30.3 Å². The first-order valence-corrected chi connectivity index (χ1v) is 9.55. The second kappa shape index (κ2) is 8.49. The lowest BCUT2D eigenvalue weighted by Gasteiger charge is -2.13. The van der Waals surface area contributed by atoms with Gasteiger partial charge < -0.3 is 5.32 Å². The molecular formula is C21H15ClFN5O3. The van der Waals surface area contributed by atoms with Crippen molar-refractivity contribution in [3.63, 3.8) is 0 Å². The first-order chi connectivity index (χ1) is 14.9. The van der Waals surface area contributed by atoms with Crippen molar-refractivity contribution >= 4 is 34.4 Å². The van der Waals surface area contributed by atoms with Crippen LogP contribution < -0.4 is 16.6 Å². The molecule has 0 unspecified atom stereocenters. The molecule has 0 fully saturated rings. The van der Waals surface area contributed by atoms with Gasteiger partial charge in [0.25, 0.3) is 5.56 Å². The number of aromatic nitrogens is 4. The fraction of sp³-hybridized carbons (Fsp3) is 0.0952. The molecule has 2 aromatic heterocycles. The van der Waals surface area contributed by atoms with E-state index in [0.717, 1.165) is 9.13 Å². The van der Waals surface area contributed by atoms with E-state index in [9.17, 15) is 18.8 Å². The van der Waals surface area contributed by atoms with E-state index >= 15 is 0 Å². The third kappa shape index (κ3) is 4.22. The molecule has 0 spiro atoms. The van der Waals surface area contributed by atoms with Crippen molar-refractivity contribution in [3.8, 4) is 0 Å². The zero-order valence-corrected chi connectivity index (χ0v) is 16.7. The van der Waals surface area contributed by atoms with Crippen LogP contribution in [0.25, 0.3) is 11.2 Å². The van der Waals surface area contributed by atoms with Gasteiger partial charge in [0.2, 0.25) is 5.91 Å². The summed E-state index contributed by atoms with van der Waals surface area (Å²) in [6.07, 6.45) is 2.64. The number of amides is 1. The van der Waals surface area contributed by atoms with Crippen molar-refractivity contribution in [2.45, 2.75) is 13.1 Å². The standard InChI is InChI=1S/C21H15ClFN5O3/c22-14-7-5-13(6-8-14)11-28-20(30)18-19(25-10-9-24-18)27(21(28)31)12-17(29)26-16-4-2-1-3-15(16)23/h1-10H,11-12H2,(H,26,29). The number of carbonyl (C=O) groups excluding carboxylic acids is 1. The molecule has 4 rings (SSSR count). The molecule has 8 nitrogen and oxygen atoms in total. The van der Waals surface area contributed by atoms with Gasteiger partial charge in [0, 0.05) is 17.4 Å². The Balaban J connectivity index is 1.76. The lowest BCUT2D eigenvalue weighted by molar-refractivity contribution is -0.116. The van der Waals surface area contributed by atoms with E-state index in [4.69, 9.17) is 11.6 Å². The van der Waals surface area contributed by atoms with Crippen molar-refractivity contribution in [2.24, 2.45) is 0 Å². The average molecular weight is 440 g/mol. The lowest BCUT2D eigenvalue weighted by Crippen LogP contribution is -2.42. The molecule has 0 bridgehead atoms. The van der Waals surface area contributed by atoms with Gasteiger partial charge in [-0.15, -0.1) is 0 Å². The van der Waals surface area contributed by atoms with Crippen molar-refractivity contribution < 1.29 is 9.18 Å². The van der Waals surface area contributed by atoms with Crippen LogP contribution in [-0.4, -0.2) is 25.0 Å². The molecule has 156 valence electrons. The van der Waals surface area contributed by atoms with E-state index in [-0.39, 0.29) is 23.4 Å². The summed E-state index contributed by atoms with van der Waals surface area (Å²) in [5.41, 5.74) is -0.826. The molecule has 2 aromatic carbocycles. The minimum atomic E-state index is -0.739. The largest absolute Gasteiger partial charge is 0.333 e. The summed E-state index contributed by atoms with van der Waals surface area (Å²) in [5.74, 6) is -1.27. The SMILES string of the molecule is O=C(Cn1c(=O)n(Cc2ccc(Cl)cc2)c(=O)c2nccnc21)Nc1ccccc1F. The Kier molecular flexibility index (Phi) is 5.59. The highest BCUT2D eigenvalue weighted by atomic mass is 35.5. The summed E-state index contributed by atoms with van der Waals surface area (Å²) < 4.78 is 15.9. The minimum Gasteiger partial charge on any atom is -0.322 e. The first kappa shape index (κ1) is 20.4. The number of carbonyl (C=O) groups is 1. The molecule has 1 N–H and O–H groups in total. The Hall–Kier alpha value is -3.85. The van der Waals surface area contributed by atoms with Gasteiger partial charge in [0.1, 0.15) is 12.4 Å². The predicted molar refractivity (Wildman–Crippen MR) is 114 cm³/mol. The molecule has 4 aromatic rings. The van der Waals surface area contributed by atoms with E-state index in [0.29, 0.717) is 10.6 Å². The molecule has 0 saturated heterocycles. The maximum atomic E-state index is 13.8. The molecule has 10 heteroatoms. The monoisotopic (exact) mass is 439 g/mol. The number of fused-ring (bicyclic) bond motifs is 1. The van der Waals surface area contributed by atoms with Gasteiger partial charge in [-0.2, -0.15) is 0 Å². The third-order valence-corrected chi connectivity index (χ3v) is 4.80. The highest BCUT2D eigenvalue weighted by molar-refractivity contribution is 6.30. The Morgan fingerprint density at radius 3 is 2.45 bits per heavy atom. The Labute approximate surface area is 179 Å². The summed E-state index contributed by atoms with van der Waals surface area (Å²) in [4.78, 5) is 46.6. The summed E-state index contributed by atoms with van der Waals surface area (Å²) in [5, 5.41) is 2.93. The van der Waals surface area contributed by atoms with Gasteiger partial charge >= 0.3 is 5.69 Å². The maximum absolute atomic E-state index is 13.8. The zero-order valence-electron chi connectivity index (χ0n) is 16.0. The van der Waals surface area contributed by atoms with Crippen molar-refractivity contribution in [1.29, 1.82) is 0 Å². The number of anilines is 1. The van der Waals surface area contributed by atoms with E-state index in [1.807, 2.05) is 0 Å². The Morgan fingerprint density at radius 1 is 1.00 bits per heavy atom. The zero-order chi connectivity index (χ0) is 22.0. The summed E-state index contributed by atoms with van der Waals surface area (Å²) in [6.45, 7) is -0.528. The molecule has 31 heavy (non-hydrogen) atoms. The predicted octanol–water partition coefficient (Wildman–Crippen LogP) is 2.43. The van der Waals surface area contributed by atoms with Crippen LogP contribution in [0, 0.1) is 5.82 Å². The van der Waals surface area contributed by atoms with Gasteiger partial charge in [0.05, 0.1) is 12.2 Å². The van der Waals surface area contributed by atoms with E-state index in [2.05, 4.69) is 15.3 Å². The molecular weight excluding hydrogens is 425 g/mol. The highest BCUT2D eigenvalue weighted by Crippen LogP contribution is 2.13. The Bertz CT molecular complexity index is 1400. The lowest BCUT2D eigenvalue weighted by atomic mass is 10.2. The quantitative estimate of drug-likeness (QED) is 0.515. The normalized spacial score (nSPS) is 10.9. The van der Waals surface area contributed by atoms with Crippen LogP contribution in [0.15, 0.2) is 70.5 Å². The highest BCUT2D eigenvalue weighted by Gasteiger charge is 2.18. The van der Waals surface area contributed by atoms with Crippen LogP contribution >= 0.6 is 11.6 Å². The number of hydrogen-bond donors (Lipinski definition) is 1. The molecule has 0 aliphatic carbocycles. The van der Waals surface area contributed by atoms with Crippen LogP contribution in [0.2, 0.25) is 5.02 Å². The van der Waals surface area contributed by atoms with Gasteiger partial charge in [-0.1, -0.05) is 35.9 Å². The van der Waals surface area contributed by atoms with Crippen LogP contribution in [0.5, 0.6) is 0 Å². The van der Waals surface area contributed by atoms with E-state index in [1.165, 1.54) is 30.6 Å². The van der Waals surface area contributed by atoms with Crippen molar-refractivity contribution in [1.82, 2.24) is 19.1 Å². The maximum Gasteiger partial charge on any atom is 0.333 e. The molecule has 0 radical (unpaired) electrons. The second-order valence-corrected chi connectivity index (χ2v) is 7.08. The van der Waals surface area contributed by atoms with Crippen LogP contribution in [0.1, 0.15) is 5.56 Å². The average Bonchev–Trinajstić information content (AvgIpc) is 2.77. The number of halogens is 2. The fourth-order valence-corrected chi connectivity index (χ4v) is 3.21. The smallest absolute Gasteiger partial charge is 0.322 e. The van der Waals surface area contributed by atoms with Crippen molar-refractivity contribution in [3.05, 3.63) is 98.2 Å². The molecule has 0 aliphatic heterocycles. The Morgan fingerprint density at radius 2 is 1.71 bits per heavy atom. The van der Waals surface area contributed by atoms with Gasteiger partial charge in [-0.05, 0) is 29.8 Å². The van der Waals surface area contributed by atoms with Gasteiger partial charge in [0.15, 0.2) is 11.2 Å². The van der Waals surface area contributed by atoms with Crippen molar-refractivity contribution in [2.75, 3.05) is 5.32 Å². The van der Waals surface area contributed by atoms with Crippen LogP contribution in [0.4, 0.5) is 10.1 Å². The van der Waals surface area contributed by atoms with Gasteiger partial charge in [-0.25, -0.2) is 19.2 Å². The first-order valence-electron chi connectivity index (χ1n) is 9.17. The third-order valence-electron chi connectivity index (χ3n) is 4.55. The topological polar surface area (TPSA) is 98.9 Å². The number of rotatable bonds is 5. The summed E-state index contributed by atoms with van der Waals surface area (Å²) >= 11 is 5.89. The minimum absolute atomic E-state index is 0.0228. The van der Waals surface area contributed by atoms with Gasteiger partial charge in [-0.3, -0.25) is 18.7 Å². The molecule has 0 aliphatic rings. The summed E-state index contributed by atoms with van der Waals surface area (Å²) in [6, 6.07) is 12.3. The number of benzene rings is 2. The van der Waals surface area contributed by atoms with E-state index < -0.39 is 29.5 Å². The molecule has 1 amide bonds. The van der Waals surface area contributed by atoms with Crippen LogP contribution in [-0.2, 0) is 17.9 Å². The molecule has 0 saturated carbocycles. The fourth-order valence-electron chi connectivity index (χ4n) is 3.08. The number of hydrogen-bond acceptors (Lipinski definition) is 5. The number of para-hydroxylation sites is 1. The van der Waals surface area contributed by atoms with Crippen LogP contribution in [0.3, 0.4) is 0 Å². The number of nitrogens with one attached hydrogen (secondary N) is 1. The molecule has 0 atom stereocenters. The molecule has 2 heterocycles.